The molecule has 2 heterocycles. The smallest absolute Gasteiger partial charge is 0.345 e. The Morgan fingerprint density at radius 3 is 3.00 bits per heavy atom. The largest absolute Gasteiger partial charge is 0.465 e. The molecule has 1 saturated heterocycles. The minimum Gasteiger partial charge on any atom is -0.465 e. The zero-order valence-corrected chi connectivity index (χ0v) is 10.2. The van der Waals surface area contributed by atoms with Crippen molar-refractivity contribution in [2.75, 3.05) is 24.3 Å². The number of carbonyl (C=O) groups is 1. The van der Waals surface area contributed by atoms with E-state index in [2.05, 4.69) is 22.0 Å². The fourth-order valence-electron chi connectivity index (χ4n) is 2.27. The average Bonchev–Trinajstić information content (AvgIpc) is 2.71. The van der Waals surface area contributed by atoms with Gasteiger partial charge in [0.25, 0.3) is 0 Å². The second kappa shape index (κ2) is 4.65. The van der Waals surface area contributed by atoms with Crippen LogP contribution in [-0.4, -0.2) is 35.9 Å². The number of methoxy groups -OCH3 is 1. The summed E-state index contributed by atoms with van der Waals surface area (Å²) in [6.45, 7) is 3.03. The van der Waals surface area contributed by atoms with Gasteiger partial charge in [-0.15, -0.1) is 0 Å². The minimum absolute atomic E-state index is 0.268. The molecule has 0 aliphatic carbocycles. The number of aromatic nitrogens is 2. The monoisotopic (exact) mass is 238 g/mol. The molecule has 1 unspecified atom stereocenters. The number of anilines is 2. The van der Waals surface area contributed by atoms with Gasteiger partial charge in [0.05, 0.1) is 7.11 Å². The van der Waals surface area contributed by atoms with Gasteiger partial charge in [0, 0.05) is 12.6 Å². The number of nitrogens with zero attached hydrogens (tertiary/aromatic N) is 2. The highest BCUT2D eigenvalue weighted by Gasteiger charge is 2.28. The molecule has 1 fully saturated rings. The zero-order chi connectivity index (χ0) is 12.4. The van der Waals surface area contributed by atoms with Crippen LogP contribution in [0.4, 0.5) is 11.6 Å². The second-order valence-electron chi connectivity index (χ2n) is 4.37. The van der Waals surface area contributed by atoms with Crippen molar-refractivity contribution in [3.8, 4) is 0 Å². The Morgan fingerprint density at radius 2 is 2.35 bits per heavy atom. The molecule has 6 nitrogen and oxygen atoms in total. The van der Waals surface area contributed by atoms with Gasteiger partial charge < -0.3 is 15.4 Å². The maximum atomic E-state index is 11.7. The molecule has 17 heavy (non-hydrogen) atoms. The molecule has 0 radical (unpaired) electrons. The van der Waals surface area contributed by atoms with Crippen molar-refractivity contribution in [1.29, 1.82) is 0 Å². The Hall–Kier alpha value is -1.72. The summed E-state index contributed by atoms with van der Waals surface area (Å²) < 4.78 is 4.74. The number of piperidine rings is 1. The van der Waals surface area contributed by atoms with Gasteiger partial charge in [-0.1, -0.05) is 0 Å². The van der Waals surface area contributed by atoms with Crippen molar-refractivity contribution >= 4 is 17.6 Å². The van der Waals surface area contributed by atoms with Gasteiger partial charge in [0.1, 0.15) is 11.4 Å². The van der Waals surface area contributed by atoms with Crippen molar-refractivity contribution in [1.82, 2.24) is 10.2 Å². The maximum absolute atomic E-state index is 11.7. The lowest BCUT2D eigenvalue weighted by Gasteiger charge is -2.33. The van der Waals surface area contributed by atoms with Crippen LogP contribution in [0.1, 0.15) is 36.5 Å². The third kappa shape index (κ3) is 2.07. The molecule has 0 spiro atoms. The molecule has 94 valence electrons. The lowest BCUT2D eigenvalue weighted by Crippen LogP contribution is -2.38. The van der Waals surface area contributed by atoms with Crippen LogP contribution in [-0.2, 0) is 4.74 Å². The molecule has 2 rings (SSSR count). The van der Waals surface area contributed by atoms with Crippen LogP contribution in [0.5, 0.6) is 0 Å². The first-order valence-electron chi connectivity index (χ1n) is 5.84. The number of ether oxygens (including phenoxy) is 1. The fourth-order valence-corrected chi connectivity index (χ4v) is 2.27. The highest BCUT2D eigenvalue weighted by Crippen LogP contribution is 2.29. The van der Waals surface area contributed by atoms with E-state index in [9.17, 15) is 4.79 Å². The number of H-pyrrole nitrogens is 1. The van der Waals surface area contributed by atoms with E-state index in [-0.39, 0.29) is 5.82 Å². The molecular formula is C11H18N4O2. The summed E-state index contributed by atoms with van der Waals surface area (Å²) in [6.07, 6.45) is 3.43. The van der Waals surface area contributed by atoms with Crippen molar-refractivity contribution in [3.05, 3.63) is 5.56 Å². The Kier molecular flexibility index (Phi) is 3.21. The molecule has 1 aromatic rings. The number of nitrogens with two attached hydrogens (primary N) is 1. The number of nitrogen functional groups attached to an aromatic ring is 1. The van der Waals surface area contributed by atoms with E-state index in [1.54, 1.807) is 0 Å². The Morgan fingerprint density at radius 1 is 1.59 bits per heavy atom. The first-order valence-corrected chi connectivity index (χ1v) is 5.84. The van der Waals surface area contributed by atoms with Crippen LogP contribution in [0.3, 0.4) is 0 Å². The zero-order valence-electron chi connectivity index (χ0n) is 10.2. The summed E-state index contributed by atoms with van der Waals surface area (Å²) in [5.74, 6) is 0.440. The van der Waals surface area contributed by atoms with E-state index in [0.717, 1.165) is 19.4 Å². The third-order valence-electron chi connectivity index (χ3n) is 3.24. The molecule has 1 aliphatic rings. The predicted molar refractivity (Wildman–Crippen MR) is 65.0 cm³/mol. The number of nitrogens with one attached hydrogen (secondary N) is 1. The lowest BCUT2D eigenvalue weighted by molar-refractivity contribution is 0.0602. The second-order valence-corrected chi connectivity index (χ2v) is 4.37. The summed E-state index contributed by atoms with van der Waals surface area (Å²) in [4.78, 5) is 13.8. The molecular weight excluding hydrogens is 220 g/mol. The van der Waals surface area contributed by atoms with E-state index in [1.165, 1.54) is 13.5 Å². The molecule has 1 aliphatic heterocycles. The van der Waals surface area contributed by atoms with Gasteiger partial charge in [-0.25, -0.2) is 4.79 Å². The van der Waals surface area contributed by atoms with E-state index >= 15 is 0 Å². The lowest BCUT2D eigenvalue weighted by atomic mass is 10.0. The summed E-state index contributed by atoms with van der Waals surface area (Å²) >= 11 is 0. The van der Waals surface area contributed by atoms with Crippen LogP contribution in [0.25, 0.3) is 0 Å². The van der Waals surface area contributed by atoms with E-state index in [0.29, 0.717) is 17.4 Å². The number of hydrogen-bond acceptors (Lipinski definition) is 5. The van der Waals surface area contributed by atoms with Crippen LogP contribution in [0.2, 0.25) is 0 Å². The van der Waals surface area contributed by atoms with Gasteiger partial charge in [0.2, 0.25) is 0 Å². The van der Waals surface area contributed by atoms with Crippen LogP contribution < -0.4 is 10.6 Å². The molecule has 1 atom stereocenters. The Bertz CT molecular complexity index is 416. The molecule has 1 aromatic heterocycles. The summed E-state index contributed by atoms with van der Waals surface area (Å²) in [5, 5.41) is 6.79. The van der Waals surface area contributed by atoms with E-state index in [1.807, 2.05) is 0 Å². The SMILES string of the molecule is COC(=O)c1c(N2CCCCC2C)n[nH]c1N. The van der Waals surface area contributed by atoms with Gasteiger partial charge in [-0.05, 0) is 26.2 Å². The number of esters is 1. The van der Waals surface area contributed by atoms with Crippen molar-refractivity contribution in [2.24, 2.45) is 0 Å². The average molecular weight is 238 g/mol. The molecule has 0 bridgehead atoms. The number of carbonyl (C=O) groups excluding carboxylic acids is 1. The first kappa shape index (κ1) is 11.8. The van der Waals surface area contributed by atoms with Crippen molar-refractivity contribution in [2.45, 2.75) is 32.2 Å². The van der Waals surface area contributed by atoms with E-state index in [4.69, 9.17) is 10.5 Å². The molecule has 3 N–H and O–H groups in total. The first-order chi connectivity index (χ1) is 8.15. The van der Waals surface area contributed by atoms with Gasteiger partial charge in [-0.3, -0.25) is 5.10 Å². The maximum Gasteiger partial charge on any atom is 0.345 e. The normalized spacial score (nSPS) is 20.4. The van der Waals surface area contributed by atoms with Crippen LogP contribution in [0.15, 0.2) is 0 Å². The summed E-state index contributed by atoms with van der Waals surface area (Å²) in [5.41, 5.74) is 6.07. The predicted octanol–water partition coefficient (Wildman–Crippen LogP) is 1.16. The van der Waals surface area contributed by atoms with Gasteiger partial charge >= 0.3 is 5.97 Å². The minimum atomic E-state index is -0.441. The Labute approximate surface area is 100 Å². The van der Waals surface area contributed by atoms with Crippen LogP contribution in [0, 0.1) is 0 Å². The number of hydrogen-bond donors (Lipinski definition) is 2. The van der Waals surface area contributed by atoms with Crippen LogP contribution >= 0.6 is 0 Å². The summed E-state index contributed by atoms with van der Waals surface area (Å²) in [6, 6.07) is 0.370. The molecule has 0 saturated carbocycles. The third-order valence-corrected chi connectivity index (χ3v) is 3.24. The van der Waals surface area contributed by atoms with E-state index < -0.39 is 5.97 Å². The fraction of sp³-hybridized carbons (Fsp3) is 0.636. The number of aromatic amines is 1. The highest BCUT2D eigenvalue weighted by molar-refractivity contribution is 5.99. The topological polar surface area (TPSA) is 84.2 Å². The quantitative estimate of drug-likeness (QED) is 0.755. The molecule has 6 heteroatoms. The number of rotatable bonds is 2. The Balaban J connectivity index is 2.34. The van der Waals surface area contributed by atoms with Gasteiger partial charge in [0.15, 0.2) is 5.82 Å². The molecule has 0 aromatic carbocycles. The standard InChI is InChI=1S/C11H18N4O2/c1-7-5-3-4-6-15(7)10-8(11(16)17-2)9(12)13-14-10/h7H,3-6H2,1-2H3,(H3,12,13,14). The molecule has 0 amide bonds. The summed E-state index contributed by atoms with van der Waals surface area (Å²) in [7, 11) is 1.35. The van der Waals surface area contributed by atoms with Crippen molar-refractivity contribution < 1.29 is 9.53 Å². The van der Waals surface area contributed by atoms with Crippen molar-refractivity contribution in [3.63, 3.8) is 0 Å². The highest BCUT2D eigenvalue weighted by atomic mass is 16.5. The van der Waals surface area contributed by atoms with Gasteiger partial charge in [-0.2, -0.15) is 5.10 Å².